The summed E-state index contributed by atoms with van der Waals surface area (Å²) < 4.78 is 10.4. The van der Waals surface area contributed by atoms with Crippen LogP contribution in [0.1, 0.15) is 60.3 Å². The monoisotopic (exact) mass is 498 g/mol. The van der Waals surface area contributed by atoms with Crippen molar-refractivity contribution < 1.29 is 42.8 Å². The van der Waals surface area contributed by atoms with E-state index in [9.17, 15) is 19.2 Å². The van der Waals surface area contributed by atoms with Gasteiger partial charge in [0.2, 0.25) is 5.91 Å². The molecule has 0 aromatic heterocycles. The van der Waals surface area contributed by atoms with Crippen LogP contribution in [0.3, 0.4) is 0 Å². The molecule has 0 bridgehead atoms. The van der Waals surface area contributed by atoms with Gasteiger partial charge in [0, 0.05) is 12.6 Å². The number of ether oxygens (including phenoxy) is 2. The molecule has 0 aliphatic carbocycles. The van der Waals surface area contributed by atoms with Gasteiger partial charge in [-0.2, -0.15) is 0 Å². The van der Waals surface area contributed by atoms with Crippen molar-refractivity contribution in [3.8, 4) is 0 Å². The molecule has 14 heteroatoms. The first-order valence-corrected chi connectivity index (χ1v) is 10.2. The molecule has 1 saturated heterocycles. The molecule has 0 saturated carbocycles. The van der Waals surface area contributed by atoms with Crippen molar-refractivity contribution >= 4 is 53.6 Å². The van der Waals surface area contributed by atoms with Crippen LogP contribution in [-0.4, -0.2) is 96.0 Å². The summed E-state index contributed by atoms with van der Waals surface area (Å²) in [5.41, 5.74) is 0. The molecule has 4 amide bonds. The summed E-state index contributed by atoms with van der Waals surface area (Å²) in [7, 11) is 0. The summed E-state index contributed by atoms with van der Waals surface area (Å²) in [6, 6.07) is -1.28. The number of rotatable bonds is 9. The second-order valence-electron chi connectivity index (χ2n) is 7.32. The van der Waals surface area contributed by atoms with Gasteiger partial charge in [-0.1, -0.05) is 13.8 Å². The summed E-state index contributed by atoms with van der Waals surface area (Å²) in [4.78, 5) is 49.6. The Morgan fingerprint density at radius 2 is 1.61 bits per heavy atom. The second-order valence-corrected chi connectivity index (χ2v) is 7.32. The van der Waals surface area contributed by atoms with E-state index in [4.69, 9.17) is 9.47 Å². The second kappa shape index (κ2) is 19.9. The first-order valence-electron chi connectivity index (χ1n) is 10.2. The van der Waals surface area contributed by atoms with Crippen LogP contribution in [0.4, 0.5) is 23.7 Å². The predicted octanol–water partition coefficient (Wildman–Crippen LogP) is 1.30. The van der Waals surface area contributed by atoms with Crippen molar-refractivity contribution in [1.29, 1.82) is 0 Å². The SMILES string of the molecule is CCC(C)NC(=O)NCC(=O)OC(=O)N1CCCC1C(=O)NC(CC)OC(C)C.F.F.F.[NaH]. The molecule has 3 atom stereocenters. The molecule has 1 fully saturated rings. The standard InChI is InChI=1S/C19H34N4O6.3FH.Na.H/c1-6-13(5)21-18(26)20-11-16(24)29-19(27)23-10-8-9-14(23)17(25)22-15(7-2)28-12(3)4;;;;;/h12-15H,6-11H2,1-5H3,(H,22,25)(H2,20,21,26);3*1H;;. The maximum atomic E-state index is 12.6. The molecule has 1 heterocycles. The van der Waals surface area contributed by atoms with Gasteiger partial charge in [-0.15, -0.1) is 0 Å². The van der Waals surface area contributed by atoms with Gasteiger partial charge in [0.25, 0.3) is 0 Å². The molecule has 192 valence electrons. The van der Waals surface area contributed by atoms with E-state index in [1.165, 1.54) is 4.90 Å². The number of nitrogens with zero attached hydrogens (tertiary/aromatic N) is 1. The van der Waals surface area contributed by atoms with Gasteiger partial charge >= 0.3 is 47.7 Å². The van der Waals surface area contributed by atoms with Gasteiger partial charge in [0.15, 0.2) is 0 Å². The zero-order valence-electron chi connectivity index (χ0n) is 19.2. The number of urea groups is 1. The average Bonchev–Trinajstić information content (AvgIpc) is 3.15. The van der Waals surface area contributed by atoms with Crippen molar-refractivity contribution in [2.45, 2.75) is 84.7 Å². The molecular formula is C19H38F3N4NaO6. The minimum absolute atomic E-state index is 0. The third-order valence-electron chi connectivity index (χ3n) is 4.48. The Morgan fingerprint density at radius 1 is 1.00 bits per heavy atom. The molecule has 1 aliphatic rings. The van der Waals surface area contributed by atoms with Crippen molar-refractivity contribution in [1.82, 2.24) is 20.9 Å². The first kappa shape index (κ1) is 38.7. The number of carbonyl (C=O) groups excluding carboxylic acids is 4. The number of hydrogen-bond donors (Lipinski definition) is 3. The zero-order valence-corrected chi connectivity index (χ0v) is 19.2. The van der Waals surface area contributed by atoms with Crippen LogP contribution in [0.2, 0.25) is 0 Å². The molecule has 0 aromatic rings. The predicted molar refractivity (Wildman–Crippen MR) is 121 cm³/mol. The van der Waals surface area contributed by atoms with Gasteiger partial charge in [0.1, 0.15) is 18.8 Å². The Kier molecular flexibility index (Phi) is 23.3. The molecule has 33 heavy (non-hydrogen) atoms. The van der Waals surface area contributed by atoms with Crippen LogP contribution in [0.25, 0.3) is 0 Å². The number of carbonyl (C=O) groups is 4. The Morgan fingerprint density at radius 3 is 2.12 bits per heavy atom. The summed E-state index contributed by atoms with van der Waals surface area (Å²) in [5, 5.41) is 7.75. The minimum atomic E-state index is -0.894. The Balaban J connectivity index is -0.00000105. The Labute approximate surface area is 214 Å². The van der Waals surface area contributed by atoms with Crippen molar-refractivity contribution in [3.63, 3.8) is 0 Å². The van der Waals surface area contributed by atoms with Crippen molar-refractivity contribution in [2.24, 2.45) is 0 Å². The van der Waals surface area contributed by atoms with E-state index in [1.807, 2.05) is 34.6 Å². The van der Waals surface area contributed by atoms with E-state index in [2.05, 4.69) is 16.0 Å². The van der Waals surface area contributed by atoms with E-state index >= 15 is 0 Å². The summed E-state index contributed by atoms with van der Waals surface area (Å²) in [6.45, 7) is 9.24. The molecule has 10 nitrogen and oxygen atoms in total. The van der Waals surface area contributed by atoms with Crippen molar-refractivity contribution in [3.05, 3.63) is 0 Å². The van der Waals surface area contributed by atoms with E-state index < -0.39 is 36.9 Å². The van der Waals surface area contributed by atoms with E-state index in [0.29, 0.717) is 25.8 Å². The van der Waals surface area contributed by atoms with Crippen LogP contribution >= 0.6 is 0 Å². The number of likely N-dealkylation sites (tertiary alicyclic amines) is 1. The summed E-state index contributed by atoms with van der Waals surface area (Å²) >= 11 is 0. The van der Waals surface area contributed by atoms with Gasteiger partial charge in [-0.05, 0) is 46.5 Å². The molecule has 0 spiro atoms. The number of esters is 1. The van der Waals surface area contributed by atoms with E-state index in [1.54, 1.807) is 0 Å². The van der Waals surface area contributed by atoms with E-state index in [0.717, 1.165) is 6.42 Å². The molecular weight excluding hydrogens is 460 g/mol. The van der Waals surface area contributed by atoms with Gasteiger partial charge in [0.05, 0.1) is 6.10 Å². The number of amides is 4. The van der Waals surface area contributed by atoms with Gasteiger partial charge in [-0.3, -0.25) is 23.8 Å². The number of hydrogen-bond acceptors (Lipinski definition) is 6. The molecule has 0 aromatic carbocycles. The zero-order chi connectivity index (χ0) is 22.0. The maximum absolute atomic E-state index is 12.6. The third-order valence-corrected chi connectivity index (χ3v) is 4.48. The summed E-state index contributed by atoms with van der Waals surface area (Å²) in [5.74, 6) is -1.24. The van der Waals surface area contributed by atoms with Crippen LogP contribution in [0.5, 0.6) is 0 Å². The normalized spacial score (nSPS) is 15.9. The van der Waals surface area contributed by atoms with Gasteiger partial charge in [-0.25, -0.2) is 14.4 Å². The molecule has 0 radical (unpaired) electrons. The first-order chi connectivity index (χ1) is 13.7. The average molecular weight is 499 g/mol. The summed E-state index contributed by atoms with van der Waals surface area (Å²) in [6.07, 6.45) is 1.04. The number of halogens is 3. The molecule has 3 unspecified atom stereocenters. The fourth-order valence-electron chi connectivity index (χ4n) is 2.79. The van der Waals surface area contributed by atoms with Crippen LogP contribution in [0.15, 0.2) is 0 Å². The Bertz CT molecular complexity index is 604. The van der Waals surface area contributed by atoms with Crippen LogP contribution < -0.4 is 16.0 Å². The molecule has 1 rings (SSSR count). The van der Waals surface area contributed by atoms with E-state index in [-0.39, 0.29) is 61.7 Å². The van der Waals surface area contributed by atoms with Crippen LogP contribution in [0, 0.1) is 0 Å². The fraction of sp³-hybridized carbons (Fsp3) is 0.789. The third kappa shape index (κ3) is 14.3. The molecule has 3 N–H and O–H groups in total. The Hall–Kier alpha value is -1.57. The van der Waals surface area contributed by atoms with Crippen LogP contribution in [-0.2, 0) is 19.1 Å². The fourth-order valence-corrected chi connectivity index (χ4v) is 2.79. The van der Waals surface area contributed by atoms with Crippen molar-refractivity contribution in [2.75, 3.05) is 13.1 Å². The quantitative estimate of drug-likeness (QED) is 0.190. The molecule has 1 aliphatic heterocycles. The van der Waals surface area contributed by atoms with Gasteiger partial charge < -0.3 is 25.4 Å². The topological polar surface area (TPSA) is 126 Å². The number of nitrogens with one attached hydrogen (secondary N) is 3.